The summed E-state index contributed by atoms with van der Waals surface area (Å²) in [6, 6.07) is 1.78. The zero-order chi connectivity index (χ0) is 11.8. The Morgan fingerprint density at radius 3 is 2.62 bits per heavy atom. The molecule has 0 N–H and O–H groups in total. The van der Waals surface area contributed by atoms with Crippen molar-refractivity contribution in [2.24, 2.45) is 0 Å². The molecule has 86 valence electrons. The molecule has 1 aromatic rings. The molecular weight excluding hydrogens is 202 g/mol. The van der Waals surface area contributed by atoms with Crippen molar-refractivity contribution >= 4 is 6.29 Å². The molecule has 0 saturated heterocycles. The molecule has 0 spiro atoms. The lowest BCUT2D eigenvalue weighted by atomic mass is 9.88. The van der Waals surface area contributed by atoms with Crippen LogP contribution in [0.3, 0.4) is 0 Å². The maximum atomic E-state index is 11.2. The monoisotopic (exact) mass is 219 g/mol. The maximum Gasteiger partial charge on any atom is 0.155 e. The number of ether oxygens (including phenoxy) is 1. The van der Waals surface area contributed by atoms with E-state index in [1.54, 1.807) is 12.3 Å². The lowest BCUT2D eigenvalue weighted by molar-refractivity contribution is 0.111. The molecule has 1 heterocycles. The van der Waals surface area contributed by atoms with Gasteiger partial charge in [0.15, 0.2) is 6.29 Å². The number of rotatable bonds is 3. The van der Waals surface area contributed by atoms with Crippen LogP contribution in [-0.4, -0.2) is 17.4 Å². The van der Waals surface area contributed by atoms with Gasteiger partial charge in [-0.15, -0.1) is 0 Å². The third-order valence-electron chi connectivity index (χ3n) is 2.60. The van der Waals surface area contributed by atoms with E-state index in [1.807, 2.05) is 20.8 Å². The van der Waals surface area contributed by atoms with Crippen LogP contribution >= 0.6 is 0 Å². The Morgan fingerprint density at radius 2 is 2.12 bits per heavy atom. The third kappa shape index (κ3) is 2.23. The molecule has 0 aromatic carbocycles. The van der Waals surface area contributed by atoms with Crippen LogP contribution in [0.4, 0.5) is 0 Å². The number of carbonyl (C=O) groups excluding carboxylic acids is 1. The number of hydrogen-bond acceptors (Lipinski definition) is 3. The van der Waals surface area contributed by atoms with Crippen LogP contribution in [0.1, 0.15) is 49.7 Å². The summed E-state index contributed by atoms with van der Waals surface area (Å²) in [6.45, 7) is 6.13. The van der Waals surface area contributed by atoms with E-state index in [0.717, 1.165) is 24.8 Å². The molecule has 1 saturated carbocycles. The second-order valence-corrected chi connectivity index (χ2v) is 5.26. The first-order valence-electron chi connectivity index (χ1n) is 5.63. The summed E-state index contributed by atoms with van der Waals surface area (Å²) in [4.78, 5) is 15.5. The standard InChI is InChI=1S/C13H17NO2/c1-13(2,3)12-10(8-15)11(6-7-14-12)16-9-4-5-9/h6-9H,4-5H2,1-3H3. The van der Waals surface area contributed by atoms with E-state index in [2.05, 4.69) is 4.98 Å². The molecule has 3 nitrogen and oxygen atoms in total. The van der Waals surface area contributed by atoms with Gasteiger partial charge in [-0.1, -0.05) is 20.8 Å². The van der Waals surface area contributed by atoms with Gasteiger partial charge in [0.2, 0.25) is 0 Å². The Morgan fingerprint density at radius 1 is 1.44 bits per heavy atom. The zero-order valence-electron chi connectivity index (χ0n) is 9.99. The van der Waals surface area contributed by atoms with Crippen molar-refractivity contribution in [2.75, 3.05) is 0 Å². The Balaban J connectivity index is 2.40. The molecule has 0 radical (unpaired) electrons. The quantitative estimate of drug-likeness (QED) is 0.734. The highest BCUT2D eigenvalue weighted by Gasteiger charge is 2.27. The van der Waals surface area contributed by atoms with Gasteiger partial charge >= 0.3 is 0 Å². The largest absolute Gasteiger partial charge is 0.490 e. The minimum atomic E-state index is -0.140. The SMILES string of the molecule is CC(C)(C)c1nccc(OC2CC2)c1C=O. The summed E-state index contributed by atoms with van der Waals surface area (Å²) in [5.41, 5.74) is 1.27. The molecular formula is C13H17NO2. The number of aldehydes is 1. The van der Waals surface area contributed by atoms with Crippen molar-refractivity contribution in [1.29, 1.82) is 0 Å². The minimum absolute atomic E-state index is 0.140. The second-order valence-electron chi connectivity index (χ2n) is 5.26. The molecule has 16 heavy (non-hydrogen) atoms. The lowest BCUT2D eigenvalue weighted by Gasteiger charge is -2.21. The Labute approximate surface area is 95.8 Å². The van der Waals surface area contributed by atoms with E-state index in [0.29, 0.717) is 17.4 Å². The fourth-order valence-corrected chi connectivity index (χ4v) is 1.64. The van der Waals surface area contributed by atoms with Crippen molar-refractivity contribution in [3.05, 3.63) is 23.5 Å². The highest BCUT2D eigenvalue weighted by Crippen LogP contribution is 2.32. The van der Waals surface area contributed by atoms with Gasteiger partial charge in [0, 0.05) is 11.6 Å². The molecule has 1 aromatic heterocycles. The molecule has 0 bridgehead atoms. The predicted molar refractivity (Wildman–Crippen MR) is 62.0 cm³/mol. The molecule has 0 atom stereocenters. The maximum absolute atomic E-state index is 11.2. The molecule has 1 aliphatic carbocycles. The van der Waals surface area contributed by atoms with Crippen LogP contribution in [0.15, 0.2) is 12.3 Å². The van der Waals surface area contributed by atoms with Gasteiger partial charge in [0.05, 0.1) is 17.4 Å². The first-order chi connectivity index (χ1) is 7.52. The summed E-state index contributed by atoms with van der Waals surface area (Å²) in [7, 11) is 0. The van der Waals surface area contributed by atoms with E-state index in [9.17, 15) is 4.79 Å². The van der Waals surface area contributed by atoms with Crippen molar-refractivity contribution in [3.8, 4) is 5.75 Å². The highest BCUT2D eigenvalue weighted by molar-refractivity contribution is 5.81. The normalized spacial score (nSPS) is 15.9. The molecule has 3 heteroatoms. The van der Waals surface area contributed by atoms with Gasteiger partial charge in [-0.3, -0.25) is 9.78 Å². The molecule has 1 fully saturated rings. The van der Waals surface area contributed by atoms with Crippen LogP contribution in [0, 0.1) is 0 Å². The van der Waals surface area contributed by atoms with E-state index in [-0.39, 0.29) is 5.41 Å². The molecule has 2 rings (SSSR count). The summed E-state index contributed by atoms with van der Waals surface area (Å²) in [5.74, 6) is 0.678. The van der Waals surface area contributed by atoms with Crippen LogP contribution in [0.25, 0.3) is 0 Å². The number of carbonyl (C=O) groups is 1. The highest BCUT2D eigenvalue weighted by atomic mass is 16.5. The van der Waals surface area contributed by atoms with Crippen LogP contribution in [-0.2, 0) is 5.41 Å². The average molecular weight is 219 g/mol. The number of pyridine rings is 1. The fraction of sp³-hybridized carbons (Fsp3) is 0.538. The minimum Gasteiger partial charge on any atom is -0.490 e. The van der Waals surface area contributed by atoms with Crippen molar-refractivity contribution in [3.63, 3.8) is 0 Å². The summed E-state index contributed by atoms with van der Waals surface area (Å²) < 4.78 is 5.71. The first-order valence-corrected chi connectivity index (χ1v) is 5.63. The molecule has 1 aliphatic rings. The third-order valence-corrected chi connectivity index (χ3v) is 2.60. The first kappa shape index (κ1) is 11.1. The Hall–Kier alpha value is -1.38. The lowest BCUT2D eigenvalue weighted by Crippen LogP contribution is -2.17. The van der Waals surface area contributed by atoms with Gasteiger partial charge in [-0.2, -0.15) is 0 Å². The molecule has 0 aliphatic heterocycles. The Kier molecular flexibility index (Phi) is 2.70. The van der Waals surface area contributed by atoms with Crippen LogP contribution in [0.2, 0.25) is 0 Å². The zero-order valence-corrected chi connectivity index (χ0v) is 9.99. The number of aromatic nitrogens is 1. The second kappa shape index (κ2) is 3.89. The van der Waals surface area contributed by atoms with Crippen LogP contribution < -0.4 is 4.74 Å². The number of hydrogen-bond donors (Lipinski definition) is 0. The smallest absolute Gasteiger partial charge is 0.155 e. The summed E-state index contributed by atoms with van der Waals surface area (Å²) >= 11 is 0. The van der Waals surface area contributed by atoms with Gasteiger partial charge in [-0.05, 0) is 18.9 Å². The fourth-order valence-electron chi connectivity index (χ4n) is 1.64. The van der Waals surface area contributed by atoms with Gasteiger partial charge in [-0.25, -0.2) is 0 Å². The average Bonchev–Trinajstić information content (AvgIpc) is 3.00. The van der Waals surface area contributed by atoms with E-state index in [1.165, 1.54) is 0 Å². The Bertz CT molecular complexity index is 403. The van der Waals surface area contributed by atoms with E-state index in [4.69, 9.17) is 4.74 Å². The topological polar surface area (TPSA) is 39.2 Å². The number of nitrogens with zero attached hydrogens (tertiary/aromatic N) is 1. The van der Waals surface area contributed by atoms with Crippen LogP contribution in [0.5, 0.6) is 5.75 Å². The van der Waals surface area contributed by atoms with E-state index >= 15 is 0 Å². The van der Waals surface area contributed by atoms with Gasteiger partial charge in [0.25, 0.3) is 0 Å². The summed E-state index contributed by atoms with van der Waals surface area (Å²) in [5, 5.41) is 0. The van der Waals surface area contributed by atoms with Gasteiger partial charge < -0.3 is 4.74 Å². The van der Waals surface area contributed by atoms with Crippen molar-refractivity contribution in [1.82, 2.24) is 4.98 Å². The molecule has 0 unspecified atom stereocenters. The molecule has 0 amide bonds. The van der Waals surface area contributed by atoms with Crippen molar-refractivity contribution < 1.29 is 9.53 Å². The predicted octanol–water partition coefficient (Wildman–Crippen LogP) is 2.73. The van der Waals surface area contributed by atoms with Crippen molar-refractivity contribution in [2.45, 2.75) is 45.1 Å². The summed E-state index contributed by atoms with van der Waals surface area (Å²) in [6.07, 6.45) is 5.04. The van der Waals surface area contributed by atoms with E-state index < -0.39 is 0 Å². The van der Waals surface area contributed by atoms with Gasteiger partial charge in [0.1, 0.15) is 5.75 Å².